The van der Waals surface area contributed by atoms with E-state index in [9.17, 15) is 23.5 Å². The molecule has 4 N–H and O–H groups in total. The molecule has 1 aromatic rings. The van der Waals surface area contributed by atoms with Crippen molar-refractivity contribution >= 4 is 17.7 Å². The van der Waals surface area contributed by atoms with E-state index < -0.39 is 41.5 Å². The van der Waals surface area contributed by atoms with Gasteiger partial charge in [-0.15, -0.1) is 0 Å². The van der Waals surface area contributed by atoms with E-state index in [2.05, 4.69) is 0 Å². The van der Waals surface area contributed by atoms with E-state index in [0.29, 0.717) is 0 Å². The molecule has 0 heterocycles. The second-order valence-electron chi connectivity index (χ2n) is 3.98. The number of aliphatic hydroxyl groups is 1. The zero-order valence-electron chi connectivity index (χ0n) is 9.91. The van der Waals surface area contributed by atoms with Gasteiger partial charge in [-0.05, 0) is 19.1 Å². The van der Waals surface area contributed by atoms with E-state index in [1.54, 1.807) is 0 Å². The van der Waals surface area contributed by atoms with Crippen LogP contribution in [0.5, 0.6) is 0 Å². The molecule has 104 valence electrons. The van der Waals surface area contributed by atoms with E-state index >= 15 is 0 Å². The summed E-state index contributed by atoms with van der Waals surface area (Å²) in [5, 5.41) is 21.8. The van der Waals surface area contributed by atoms with Gasteiger partial charge in [0.05, 0.1) is 6.54 Å². The van der Waals surface area contributed by atoms with Crippen LogP contribution in [-0.4, -0.2) is 34.4 Å². The SMILES string of the molecule is CC(O)(CNC(=O)Nc1c(F)cccc1F)C(=O)O. The third-order valence-electron chi connectivity index (χ3n) is 2.26. The third kappa shape index (κ3) is 3.88. The van der Waals surface area contributed by atoms with Crippen molar-refractivity contribution in [2.45, 2.75) is 12.5 Å². The van der Waals surface area contributed by atoms with Crippen molar-refractivity contribution in [3.63, 3.8) is 0 Å². The normalized spacial score (nSPS) is 13.5. The Morgan fingerprint density at radius 1 is 1.32 bits per heavy atom. The predicted octanol–water partition coefficient (Wildman–Crippen LogP) is 0.922. The molecule has 1 unspecified atom stereocenters. The Morgan fingerprint density at radius 2 is 1.84 bits per heavy atom. The van der Waals surface area contributed by atoms with Crippen molar-refractivity contribution in [1.29, 1.82) is 0 Å². The first-order chi connectivity index (χ1) is 8.74. The summed E-state index contributed by atoms with van der Waals surface area (Å²) in [6.07, 6.45) is 0. The average molecular weight is 274 g/mol. The number of hydrogen-bond acceptors (Lipinski definition) is 3. The zero-order valence-corrected chi connectivity index (χ0v) is 9.91. The summed E-state index contributed by atoms with van der Waals surface area (Å²) in [6, 6.07) is 1.99. The molecule has 0 radical (unpaired) electrons. The average Bonchev–Trinajstić information content (AvgIpc) is 2.31. The maximum Gasteiger partial charge on any atom is 0.337 e. The number of rotatable bonds is 4. The highest BCUT2D eigenvalue weighted by Gasteiger charge is 2.30. The van der Waals surface area contributed by atoms with Crippen molar-refractivity contribution in [1.82, 2.24) is 5.32 Å². The van der Waals surface area contributed by atoms with Crippen LogP contribution in [0.15, 0.2) is 18.2 Å². The molecule has 1 atom stereocenters. The number of carbonyl (C=O) groups is 2. The molecule has 0 bridgehead atoms. The van der Waals surface area contributed by atoms with Crippen molar-refractivity contribution in [3.05, 3.63) is 29.8 Å². The summed E-state index contributed by atoms with van der Waals surface area (Å²) in [7, 11) is 0. The van der Waals surface area contributed by atoms with Crippen LogP contribution in [0.25, 0.3) is 0 Å². The molecule has 1 aromatic carbocycles. The smallest absolute Gasteiger partial charge is 0.337 e. The number of aliphatic carboxylic acids is 1. The first kappa shape index (κ1) is 14.8. The van der Waals surface area contributed by atoms with E-state index in [-0.39, 0.29) is 0 Å². The third-order valence-corrected chi connectivity index (χ3v) is 2.26. The van der Waals surface area contributed by atoms with Crippen LogP contribution < -0.4 is 10.6 Å². The van der Waals surface area contributed by atoms with Gasteiger partial charge in [0.1, 0.15) is 17.3 Å². The lowest BCUT2D eigenvalue weighted by atomic mass is 10.1. The van der Waals surface area contributed by atoms with Crippen LogP contribution in [-0.2, 0) is 4.79 Å². The molecule has 2 amide bonds. The lowest BCUT2D eigenvalue weighted by molar-refractivity contribution is -0.155. The Hall–Kier alpha value is -2.22. The molecule has 19 heavy (non-hydrogen) atoms. The molecular weight excluding hydrogens is 262 g/mol. The molecule has 1 rings (SSSR count). The molecule has 0 aliphatic rings. The van der Waals surface area contributed by atoms with Crippen molar-refractivity contribution in [2.24, 2.45) is 0 Å². The molecule has 8 heteroatoms. The summed E-state index contributed by atoms with van der Waals surface area (Å²) < 4.78 is 26.4. The number of para-hydroxylation sites is 1. The van der Waals surface area contributed by atoms with Gasteiger partial charge in [-0.2, -0.15) is 0 Å². The highest BCUT2D eigenvalue weighted by Crippen LogP contribution is 2.17. The summed E-state index contributed by atoms with van der Waals surface area (Å²) in [5.74, 6) is -3.48. The van der Waals surface area contributed by atoms with E-state index in [1.165, 1.54) is 0 Å². The minimum absolute atomic E-state index is 0.621. The van der Waals surface area contributed by atoms with Crippen molar-refractivity contribution < 1.29 is 28.6 Å². The van der Waals surface area contributed by atoms with Gasteiger partial charge in [-0.25, -0.2) is 18.4 Å². The molecular formula is C11H12F2N2O4. The summed E-state index contributed by atoms with van der Waals surface area (Å²) >= 11 is 0. The summed E-state index contributed by atoms with van der Waals surface area (Å²) in [6.45, 7) is 0.351. The van der Waals surface area contributed by atoms with Gasteiger partial charge in [-0.3, -0.25) is 0 Å². The van der Waals surface area contributed by atoms with Crippen LogP contribution in [0.2, 0.25) is 0 Å². The highest BCUT2D eigenvalue weighted by atomic mass is 19.1. The van der Waals surface area contributed by atoms with Gasteiger partial charge in [0, 0.05) is 0 Å². The number of carboxylic acids is 1. The van der Waals surface area contributed by atoms with Crippen LogP contribution in [0.1, 0.15) is 6.92 Å². The maximum absolute atomic E-state index is 13.2. The van der Waals surface area contributed by atoms with Crippen LogP contribution in [0, 0.1) is 11.6 Å². The second-order valence-corrected chi connectivity index (χ2v) is 3.98. The number of urea groups is 1. The fourth-order valence-corrected chi connectivity index (χ4v) is 1.10. The Balaban J connectivity index is 2.64. The van der Waals surface area contributed by atoms with Crippen molar-refractivity contribution in [3.8, 4) is 0 Å². The Kier molecular flexibility index (Phi) is 4.38. The Morgan fingerprint density at radius 3 is 2.32 bits per heavy atom. The topological polar surface area (TPSA) is 98.7 Å². The maximum atomic E-state index is 13.2. The van der Waals surface area contributed by atoms with Crippen molar-refractivity contribution in [2.75, 3.05) is 11.9 Å². The Labute approximate surface area is 107 Å². The Bertz CT molecular complexity index is 485. The number of benzene rings is 1. The second kappa shape index (κ2) is 5.61. The number of anilines is 1. The van der Waals surface area contributed by atoms with Gasteiger partial charge < -0.3 is 20.8 Å². The van der Waals surface area contributed by atoms with E-state index in [0.717, 1.165) is 25.1 Å². The van der Waals surface area contributed by atoms with Crippen LogP contribution >= 0.6 is 0 Å². The first-order valence-corrected chi connectivity index (χ1v) is 5.18. The molecule has 0 saturated heterocycles. The van der Waals surface area contributed by atoms with Crippen LogP contribution in [0.3, 0.4) is 0 Å². The van der Waals surface area contributed by atoms with Crippen LogP contribution in [0.4, 0.5) is 19.3 Å². The van der Waals surface area contributed by atoms with E-state index in [1.807, 2.05) is 10.6 Å². The molecule has 0 saturated carbocycles. The lowest BCUT2D eigenvalue weighted by Gasteiger charge is -2.18. The van der Waals surface area contributed by atoms with Gasteiger partial charge in [0.15, 0.2) is 5.60 Å². The quantitative estimate of drug-likeness (QED) is 0.656. The molecule has 0 spiro atoms. The lowest BCUT2D eigenvalue weighted by Crippen LogP contribution is -2.47. The van der Waals surface area contributed by atoms with Gasteiger partial charge in [0.2, 0.25) is 0 Å². The number of halogens is 2. The fourth-order valence-electron chi connectivity index (χ4n) is 1.10. The van der Waals surface area contributed by atoms with Gasteiger partial charge in [0.25, 0.3) is 0 Å². The molecule has 0 fully saturated rings. The predicted molar refractivity (Wildman–Crippen MR) is 61.6 cm³/mol. The van der Waals surface area contributed by atoms with Gasteiger partial charge >= 0.3 is 12.0 Å². The largest absolute Gasteiger partial charge is 0.479 e. The minimum Gasteiger partial charge on any atom is -0.479 e. The zero-order chi connectivity index (χ0) is 14.6. The highest BCUT2D eigenvalue weighted by molar-refractivity contribution is 5.90. The number of nitrogens with one attached hydrogen (secondary N) is 2. The molecule has 0 aliphatic heterocycles. The van der Waals surface area contributed by atoms with E-state index in [4.69, 9.17) is 5.11 Å². The molecule has 6 nitrogen and oxygen atoms in total. The number of carbonyl (C=O) groups excluding carboxylic acids is 1. The van der Waals surface area contributed by atoms with Gasteiger partial charge in [-0.1, -0.05) is 6.07 Å². The number of carboxylic acid groups (broad SMARTS) is 1. The fraction of sp³-hybridized carbons (Fsp3) is 0.273. The standard InChI is InChI=1S/C11H12F2N2O4/c1-11(19,9(16)17)5-14-10(18)15-8-6(12)3-2-4-7(8)13/h2-4,19H,5H2,1H3,(H,16,17)(H2,14,15,18). The monoisotopic (exact) mass is 274 g/mol. The molecule has 0 aromatic heterocycles. The summed E-state index contributed by atoms with van der Waals surface area (Å²) in [5.41, 5.74) is -2.83. The first-order valence-electron chi connectivity index (χ1n) is 5.18. The molecule has 0 aliphatic carbocycles. The minimum atomic E-state index is -2.18. The summed E-state index contributed by atoms with van der Waals surface area (Å²) in [4.78, 5) is 21.9. The number of hydrogen-bond donors (Lipinski definition) is 4. The number of amides is 2.